The summed E-state index contributed by atoms with van der Waals surface area (Å²) in [6, 6.07) is 1.73. The molecular weight excluding hydrogens is 1210 g/mol. The molecule has 0 saturated heterocycles. The summed E-state index contributed by atoms with van der Waals surface area (Å²) < 4.78 is 14.3. The van der Waals surface area contributed by atoms with Crippen molar-refractivity contribution < 1.29 is 91.9 Å². The number of rotatable bonds is 31. The molecule has 480 valence electrons. The number of anilines is 4. The summed E-state index contributed by atoms with van der Waals surface area (Å²) in [5, 5.41) is 35.5. The lowest BCUT2D eigenvalue weighted by Gasteiger charge is -2.26. The summed E-state index contributed by atoms with van der Waals surface area (Å²) in [5.74, 6) is -15.8. The molecule has 6 rings (SSSR count). The van der Waals surface area contributed by atoms with Crippen LogP contribution in [-0.2, 0) is 80.1 Å². The van der Waals surface area contributed by atoms with E-state index >= 15 is 0 Å². The van der Waals surface area contributed by atoms with Gasteiger partial charge in [-0.2, -0.15) is 9.97 Å². The van der Waals surface area contributed by atoms with Crippen molar-refractivity contribution in [3.05, 3.63) is 104 Å². The number of aromatic nitrogens is 8. The smallest absolute Gasteiger partial charge is 0.354 e. The molecule has 0 saturated carbocycles. The summed E-state index contributed by atoms with van der Waals surface area (Å²) in [4.78, 5) is 212. The van der Waals surface area contributed by atoms with E-state index in [4.69, 9.17) is 58.3 Å². The van der Waals surface area contributed by atoms with Crippen molar-refractivity contribution in [1.82, 2.24) is 50.5 Å². The number of aromatic amines is 2. The zero-order valence-corrected chi connectivity index (χ0v) is 47.4. The number of hydroxylamine groups is 1. The Kier molecular flexibility index (Phi) is 23.8. The predicted octanol–water partition coefficient (Wildman–Crippen LogP) is -2.78. The Balaban J connectivity index is 1.26. The van der Waals surface area contributed by atoms with E-state index in [1.807, 2.05) is 0 Å². The van der Waals surface area contributed by atoms with E-state index < -0.39 is 184 Å². The second-order valence-corrected chi connectivity index (χ2v) is 19.5. The van der Waals surface area contributed by atoms with Crippen molar-refractivity contribution in [2.45, 2.75) is 108 Å². The molecule has 4 heterocycles. The number of ether oxygens (including phenoxy) is 3. The number of nitrogen functional groups attached to an aromatic ring is 2. The van der Waals surface area contributed by atoms with E-state index in [1.54, 1.807) is 0 Å². The van der Waals surface area contributed by atoms with Gasteiger partial charge in [0.1, 0.15) is 36.8 Å². The molecule has 5 atom stereocenters. The number of hydrogen-bond acceptors (Lipinski definition) is 31. The molecule has 0 aliphatic carbocycles. The van der Waals surface area contributed by atoms with Gasteiger partial charge in [0.2, 0.25) is 11.9 Å². The largest absolute Gasteiger partial charge is 0.481 e. The van der Waals surface area contributed by atoms with Crippen LogP contribution in [0.25, 0.3) is 22.3 Å². The van der Waals surface area contributed by atoms with E-state index in [1.165, 1.54) is 42.6 Å². The third kappa shape index (κ3) is 20.7. The SMILES string of the molecule is Nc1nc(=O)c2nc(CNc3ccc(C(=O)N[C@@H](CCC(=O)OC(=O)[C@@H](N)CCC(=O)O)C(=O)ON(Cc4cnc5[nH]c(N)nc(=O)c5n4)c4ccc(C(=O)N[C@@H](CCC(=O)OC(=O)[C@@H](N)CCC(=O)O)C(=O)OC(=O)[C@@H](N)CCC(=O)O)cc4)cc3)cnc2[nH]1. The predicted molar refractivity (Wildman–Crippen MR) is 306 cm³/mol. The molecule has 18 N–H and O–H groups in total. The Morgan fingerprint density at radius 3 is 1.36 bits per heavy atom. The van der Waals surface area contributed by atoms with Gasteiger partial charge in [0, 0.05) is 48.9 Å². The molecule has 38 heteroatoms. The van der Waals surface area contributed by atoms with Crippen LogP contribution in [0.4, 0.5) is 23.3 Å². The molecule has 91 heavy (non-hydrogen) atoms. The molecule has 2 amide bonds. The molecule has 2 aromatic carbocycles. The van der Waals surface area contributed by atoms with Gasteiger partial charge in [-0.1, -0.05) is 0 Å². The molecule has 6 aromatic rings. The molecule has 0 fully saturated rings. The molecule has 0 aliphatic heterocycles. The van der Waals surface area contributed by atoms with Crippen molar-refractivity contribution in [2.75, 3.05) is 21.8 Å². The van der Waals surface area contributed by atoms with E-state index in [2.05, 4.69) is 60.6 Å². The lowest BCUT2D eigenvalue weighted by molar-refractivity contribution is -0.164. The van der Waals surface area contributed by atoms with Gasteiger partial charge in [0.15, 0.2) is 22.3 Å². The quantitative estimate of drug-likeness (QED) is 0.00906. The van der Waals surface area contributed by atoms with Gasteiger partial charge >= 0.3 is 70.8 Å². The van der Waals surface area contributed by atoms with Gasteiger partial charge in [0.05, 0.1) is 36.0 Å². The number of benzene rings is 2. The van der Waals surface area contributed by atoms with Crippen LogP contribution in [-0.4, -0.2) is 157 Å². The molecule has 0 radical (unpaired) electrons. The number of carbonyl (C=O) groups is 12. The number of hydrogen-bond donors (Lipinski definition) is 13. The van der Waals surface area contributed by atoms with Gasteiger partial charge in [-0.15, -0.1) is 0 Å². The zero-order chi connectivity index (χ0) is 66.6. The number of H-pyrrole nitrogens is 2. The van der Waals surface area contributed by atoms with Gasteiger partial charge < -0.3 is 89.0 Å². The van der Waals surface area contributed by atoms with Gasteiger partial charge in [-0.05, 0) is 80.6 Å². The lowest BCUT2D eigenvalue weighted by atomic mass is 10.1. The lowest BCUT2D eigenvalue weighted by Crippen LogP contribution is -2.45. The van der Waals surface area contributed by atoms with Gasteiger partial charge in [-0.25, -0.2) is 49.0 Å². The summed E-state index contributed by atoms with van der Waals surface area (Å²) >= 11 is 0. The number of carboxylic acid groups (broad SMARTS) is 3. The highest BCUT2D eigenvalue weighted by Gasteiger charge is 2.32. The van der Waals surface area contributed by atoms with Crippen LogP contribution in [0.1, 0.15) is 96.3 Å². The van der Waals surface area contributed by atoms with Crippen LogP contribution in [0.15, 0.2) is 70.5 Å². The highest BCUT2D eigenvalue weighted by atomic mass is 16.7. The van der Waals surface area contributed by atoms with Crippen molar-refractivity contribution in [3.63, 3.8) is 0 Å². The second kappa shape index (κ2) is 31.7. The summed E-state index contributed by atoms with van der Waals surface area (Å²) in [7, 11) is 0. The van der Waals surface area contributed by atoms with E-state index in [0.29, 0.717) is 11.4 Å². The average molecular weight is 1270 g/mol. The number of nitrogens with two attached hydrogens (primary N) is 5. The van der Waals surface area contributed by atoms with Crippen LogP contribution in [0.2, 0.25) is 0 Å². The third-order valence-corrected chi connectivity index (χ3v) is 12.5. The monoisotopic (exact) mass is 1270 g/mol. The number of carboxylic acids is 3. The Morgan fingerprint density at radius 2 is 0.912 bits per heavy atom. The first-order valence-corrected chi connectivity index (χ1v) is 26.9. The maximum Gasteiger partial charge on any atom is 0.354 e. The van der Waals surface area contributed by atoms with Crippen molar-refractivity contribution in [2.24, 2.45) is 17.2 Å². The fourth-order valence-electron chi connectivity index (χ4n) is 7.74. The standard InChI is InChI=1S/C53H57N17O21/c54-29(9-14-34(71)72)47(83)88-37(77)17-12-32(50(86)90-49(85)31(56)11-16-36(75)76)64-44(80)24-3-7-28(8-4-24)70(22-27-21-61-42-40(63-27)46(82)69-53(58)67-42)91-51(87)33(13-18-38(78)89-48(84)30(55)10-15-35(73)74)65-43(79)23-1-5-25(6-2-23)59-19-26-20-60-41-39(62-26)45(81)68-52(57)66-41/h1-8,20-21,29-33,59H,9-19,22,54-56H2,(H,64,80)(H,65,79)(H,71,72)(H,73,74)(H,75,76)(H3,57,60,66,68,81)(H3,58,61,67,69,82)/t29-,30-,31-,32-,33-/m0/s1. The van der Waals surface area contributed by atoms with Crippen molar-refractivity contribution in [3.8, 4) is 0 Å². The molecule has 0 unspecified atom stereocenters. The summed E-state index contributed by atoms with van der Waals surface area (Å²) in [5.41, 5.74) is 26.4. The molecule has 0 aliphatic rings. The number of nitrogens with one attached hydrogen (secondary N) is 5. The van der Waals surface area contributed by atoms with Crippen molar-refractivity contribution in [1.29, 1.82) is 0 Å². The third-order valence-electron chi connectivity index (χ3n) is 12.5. The minimum absolute atomic E-state index is 0.0347. The van der Waals surface area contributed by atoms with Crippen LogP contribution in [0, 0.1) is 0 Å². The van der Waals surface area contributed by atoms with Gasteiger partial charge in [0.25, 0.3) is 11.8 Å². The number of amides is 2. The highest BCUT2D eigenvalue weighted by Crippen LogP contribution is 2.22. The Hall–Kier alpha value is -11.8. The number of aliphatic carboxylic acids is 3. The number of esters is 6. The van der Waals surface area contributed by atoms with Crippen LogP contribution in [0.3, 0.4) is 0 Å². The highest BCUT2D eigenvalue weighted by molar-refractivity contribution is 6.00. The minimum Gasteiger partial charge on any atom is -0.481 e. The maximum atomic E-state index is 14.5. The number of nitrogens with zero attached hydrogens (tertiary/aromatic N) is 7. The Bertz CT molecular complexity index is 3900. The first kappa shape index (κ1) is 68.3. The molecular formula is C53H57N17O21. The van der Waals surface area contributed by atoms with E-state index in [9.17, 15) is 67.1 Å². The van der Waals surface area contributed by atoms with Crippen LogP contribution in [0.5, 0.6) is 0 Å². The van der Waals surface area contributed by atoms with Crippen molar-refractivity contribution >= 4 is 117 Å². The fourth-order valence-corrected chi connectivity index (χ4v) is 7.74. The fraction of sp³-hybridized carbons (Fsp3) is 0.321. The minimum atomic E-state index is -1.90. The summed E-state index contributed by atoms with van der Waals surface area (Å²) in [6.45, 7) is -0.566. The normalized spacial score (nSPS) is 12.6. The molecule has 38 nitrogen and oxygen atoms in total. The van der Waals surface area contributed by atoms with Gasteiger partial charge in [-0.3, -0.25) is 43.2 Å². The second-order valence-electron chi connectivity index (χ2n) is 19.5. The summed E-state index contributed by atoms with van der Waals surface area (Å²) in [6.07, 6.45) is -3.48. The first-order chi connectivity index (χ1) is 43.1. The molecule has 0 spiro atoms. The zero-order valence-electron chi connectivity index (χ0n) is 47.4. The number of fused-ring (bicyclic) bond motifs is 2. The Morgan fingerprint density at radius 1 is 0.505 bits per heavy atom. The van der Waals surface area contributed by atoms with E-state index in [0.717, 1.165) is 23.4 Å². The first-order valence-electron chi connectivity index (χ1n) is 26.9. The Labute approximate surface area is 508 Å². The maximum absolute atomic E-state index is 14.5. The molecule has 4 aromatic heterocycles. The number of carbonyl (C=O) groups excluding carboxylic acids is 9. The van der Waals surface area contributed by atoms with E-state index in [-0.39, 0.29) is 63.3 Å². The molecule has 0 bridgehead atoms. The average Bonchev–Trinajstić information content (AvgIpc) is 1.89. The van der Waals surface area contributed by atoms with Crippen LogP contribution >= 0.6 is 0 Å². The van der Waals surface area contributed by atoms with Crippen LogP contribution < -0.4 is 60.8 Å². The topological polar surface area (TPSA) is 615 Å².